The average molecular weight is 326 g/mol. The molecule has 0 radical (unpaired) electrons. The van der Waals surface area contributed by atoms with Crippen molar-refractivity contribution in [1.82, 2.24) is 0 Å². The minimum absolute atomic E-state index is 0.0331. The summed E-state index contributed by atoms with van der Waals surface area (Å²) >= 11 is 0. The van der Waals surface area contributed by atoms with Crippen LogP contribution in [-0.2, 0) is 9.59 Å². The van der Waals surface area contributed by atoms with E-state index in [1.54, 1.807) is 6.92 Å². The molecule has 0 aromatic heterocycles. The third-order valence-electron chi connectivity index (χ3n) is 7.59. The maximum absolute atomic E-state index is 12.1. The Balaban J connectivity index is 1.78. The topological polar surface area (TPSA) is 54.4 Å². The van der Waals surface area contributed by atoms with Crippen molar-refractivity contribution in [2.75, 3.05) is 0 Å². The van der Waals surface area contributed by atoms with Crippen LogP contribution in [0.4, 0.5) is 0 Å². The number of ketones is 2. The summed E-state index contributed by atoms with van der Waals surface area (Å²) in [4.78, 5) is 23.9. The highest BCUT2D eigenvalue weighted by atomic mass is 16.3. The molecule has 0 aliphatic heterocycles. The van der Waals surface area contributed by atoms with Gasteiger partial charge in [0.15, 0.2) is 11.6 Å². The lowest BCUT2D eigenvalue weighted by atomic mass is 9.48. The number of rotatable bonds is 1. The first-order valence-electron chi connectivity index (χ1n) is 9.11. The van der Waals surface area contributed by atoms with Gasteiger partial charge in [-0.2, -0.15) is 0 Å². The maximum atomic E-state index is 12.1. The van der Waals surface area contributed by atoms with Crippen LogP contribution < -0.4 is 0 Å². The SMILES string of the molecule is CC(=O)C1=CC[C@@H]2[C@H]3C=CC4=CC(=O)CC[C@]4(C)[C@@H]3C[C@@H](O)[C@]12C. The number of carbonyl (C=O) groups excluding carboxylic acids is 2. The molecule has 0 bridgehead atoms. The Morgan fingerprint density at radius 2 is 2.04 bits per heavy atom. The van der Waals surface area contributed by atoms with Crippen molar-refractivity contribution in [3.8, 4) is 0 Å². The molecule has 1 N–H and O–H groups in total. The standard InChI is InChI=1S/C21H26O3/c1-12(22)16-6-7-17-15-5-4-13-10-14(23)8-9-20(13,2)18(15)11-19(24)21(16,17)3/h4-6,10,15,17-19,24H,7-9,11H2,1-3H3/t15-,17-,18-,19-,20+,21-/m1/s1. The van der Waals surface area contributed by atoms with Crippen LogP contribution in [-0.4, -0.2) is 22.8 Å². The van der Waals surface area contributed by atoms with E-state index in [2.05, 4.69) is 32.1 Å². The van der Waals surface area contributed by atoms with Crippen molar-refractivity contribution < 1.29 is 14.7 Å². The predicted octanol–water partition coefficient (Wildman–Crippen LogP) is 3.39. The average Bonchev–Trinajstić information content (AvgIpc) is 2.88. The summed E-state index contributed by atoms with van der Waals surface area (Å²) in [6.45, 7) is 5.95. The highest BCUT2D eigenvalue weighted by Gasteiger charge is 2.60. The van der Waals surface area contributed by atoms with E-state index in [1.807, 2.05) is 6.08 Å². The van der Waals surface area contributed by atoms with Crippen LogP contribution >= 0.6 is 0 Å². The molecule has 1 fully saturated rings. The molecule has 4 aliphatic rings. The van der Waals surface area contributed by atoms with Crippen LogP contribution in [0.2, 0.25) is 0 Å². The number of hydrogen-bond donors (Lipinski definition) is 1. The first-order valence-corrected chi connectivity index (χ1v) is 9.11. The number of allylic oxidation sites excluding steroid dienone is 5. The van der Waals surface area contributed by atoms with E-state index in [4.69, 9.17) is 0 Å². The lowest BCUT2D eigenvalue weighted by Gasteiger charge is -2.57. The van der Waals surface area contributed by atoms with Crippen molar-refractivity contribution in [1.29, 1.82) is 0 Å². The monoisotopic (exact) mass is 326 g/mol. The van der Waals surface area contributed by atoms with Crippen LogP contribution in [0.15, 0.2) is 35.5 Å². The molecule has 3 nitrogen and oxygen atoms in total. The molecule has 0 amide bonds. The Morgan fingerprint density at radius 3 is 2.75 bits per heavy atom. The number of aliphatic hydroxyl groups excluding tert-OH is 1. The highest BCUT2D eigenvalue weighted by Crippen LogP contribution is 2.63. The minimum atomic E-state index is -0.497. The summed E-state index contributed by atoms with van der Waals surface area (Å²) in [5, 5.41) is 11.1. The van der Waals surface area contributed by atoms with Crippen LogP contribution in [0.5, 0.6) is 0 Å². The summed E-state index contributed by atoms with van der Waals surface area (Å²) in [6, 6.07) is 0. The summed E-state index contributed by atoms with van der Waals surface area (Å²) in [7, 11) is 0. The molecule has 3 heteroatoms. The van der Waals surface area contributed by atoms with Gasteiger partial charge in [0.25, 0.3) is 0 Å². The molecule has 1 saturated carbocycles. The molecule has 0 unspecified atom stereocenters. The van der Waals surface area contributed by atoms with E-state index in [9.17, 15) is 14.7 Å². The van der Waals surface area contributed by atoms with E-state index in [0.29, 0.717) is 24.7 Å². The Hall–Kier alpha value is -1.48. The van der Waals surface area contributed by atoms with Gasteiger partial charge in [0, 0.05) is 11.8 Å². The second-order valence-electron chi connectivity index (χ2n) is 8.58. The van der Waals surface area contributed by atoms with Crippen LogP contribution in [0.25, 0.3) is 0 Å². The predicted molar refractivity (Wildman–Crippen MR) is 92.2 cm³/mol. The van der Waals surface area contributed by atoms with Gasteiger partial charge < -0.3 is 5.11 Å². The quantitative estimate of drug-likeness (QED) is 0.803. The smallest absolute Gasteiger partial charge is 0.156 e. The Bertz CT molecular complexity index is 713. The summed E-state index contributed by atoms with van der Waals surface area (Å²) < 4.78 is 0. The van der Waals surface area contributed by atoms with Crippen molar-refractivity contribution in [3.63, 3.8) is 0 Å². The lowest BCUT2D eigenvalue weighted by Crippen LogP contribution is -2.54. The molecule has 0 aromatic carbocycles. The van der Waals surface area contributed by atoms with E-state index >= 15 is 0 Å². The number of fused-ring (bicyclic) bond motifs is 5. The zero-order chi connectivity index (χ0) is 17.3. The zero-order valence-corrected chi connectivity index (χ0v) is 14.7. The van der Waals surface area contributed by atoms with Gasteiger partial charge in [-0.25, -0.2) is 0 Å². The molecular weight excluding hydrogens is 300 g/mol. The van der Waals surface area contributed by atoms with Crippen molar-refractivity contribution >= 4 is 11.6 Å². The fraction of sp³-hybridized carbons (Fsp3) is 0.619. The van der Waals surface area contributed by atoms with E-state index < -0.39 is 11.5 Å². The lowest BCUT2D eigenvalue weighted by molar-refractivity contribution is -0.122. The number of aliphatic hydroxyl groups is 1. The number of carbonyl (C=O) groups is 2. The van der Waals surface area contributed by atoms with Gasteiger partial charge >= 0.3 is 0 Å². The molecule has 6 atom stereocenters. The van der Waals surface area contributed by atoms with E-state index in [0.717, 1.165) is 24.0 Å². The molecule has 0 saturated heterocycles. The molecular formula is C21H26O3. The van der Waals surface area contributed by atoms with Crippen LogP contribution in [0, 0.1) is 28.6 Å². The zero-order valence-electron chi connectivity index (χ0n) is 14.7. The molecule has 0 heterocycles. The Morgan fingerprint density at radius 1 is 1.29 bits per heavy atom. The first-order chi connectivity index (χ1) is 11.3. The maximum Gasteiger partial charge on any atom is 0.156 e. The van der Waals surface area contributed by atoms with Crippen LogP contribution in [0.3, 0.4) is 0 Å². The normalized spacial score (nSPS) is 46.6. The second-order valence-corrected chi connectivity index (χ2v) is 8.58. The van der Waals surface area contributed by atoms with Gasteiger partial charge in [-0.15, -0.1) is 0 Å². The fourth-order valence-electron chi connectivity index (χ4n) is 6.08. The molecule has 128 valence electrons. The van der Waals surface area contributed by atoms with Gasteiger partial charge in [0.1, 0.15) is 0 Å². The molecule has 0 aromatic rings. The third-order valence-corrected chi connectivity index (χ3v) is 7.59. The van der Waals surface area contributed by atoms with Gasteiger partial charge in [-0.05, 0) is 66.6 Å². The summed E-state index contributed by atoms with van der Waals surface area (Å²) in [5.74, 6) is 1.29. The van der Waals surface area contributed by atoms with Crippen molar-refractivity contribution in [2.45, 2.75) is 52.6 Å². The largest absolute Gasteiger partial charge is 0.392 e. The molecule has 0 spiro atoms. The van der Waals surface area contributed by atoms with Crippen molar-refractivity contribution in [2.24, 2.45) is 28.6 Å². The minimum Gasteiger partial charge on any atom is -0.392 e. The molecule has 24 heavy (non-hydrogen) atoms. The molecule has 4 aliphatic carbocycles. The van der Waals surface area contributed by atoms with E-state index in [-0.39, 0.29) is 22.9 Å². The van der Waals surface area contributed by atoms with Gasteiger partial charge in [-0.3, -0.25) is 9.59 Å². The van der Waals surface area contributed by atoms with Gasteiger partial charge in [-0.1, -0.05) is 32.1 Å². The highest BCUT2D eigenvalue weighted by molar-refractivity contribution is 5.95. The molecule has 4 rings (SSSR count). The fourth-order valence-corrected chi connectivity index (χ4v) is 6.08. The van der Waals surface area contributed by atoms with E-state index in [1.165, 1.54) is 0 Å². The summed E-state index contributed by atoms with van der Waals surface area (Å²) in [6.07, 6.45) is 10.8. The second kappa shape index (κ2) is 5.01. The Kier molecular flexibility index (Phi) is 3.34. The third kappa shape index (κ3) is 1.88. The first kappa shape index (κ1) is 16.0. The van der Waals surface area contributed by atoms with Gasteiger partial charge in [0.2, 0.25) is 0 Å². The van der Waals surface area contributed by atoms with Crippen molar-refractivity contribution in [3.05, 3.63) is 35.5 Å². The number of Topliss-reactive ketones (excluding diaryl/α,β-unsaturated/α-hetero) is 1. The Labute approximate surface area is 143 Å². The van der Waals surface area contributed by atoms with Crippen LogP contribution in [0.1, 0.15) is 46.5 Å². The summed E-state index contributed by atoms with van der Waals surface area (Å²) in [5.41, 5.74) is 1.49. The number of hydrogen-bond acceptors (Lipinski definition) is 3. The van der Waals surface area contributed by atoms with Gasteiger partial charge in [0.05, 0.1) is 6.10 Å².